The molecule has 0 atom stereocenters. The van der Waals surface area contributed by atoms with Gasteiger partial charge in [0.15, 0.2) is 5.65 Å². The minimum atomic E-state index is 0.591. The third-order valence-electron chi connectivity index (χ3n) is 1.62. The standard InChI is InChI=1S/C8H10BrN5/c1-13(2)11-8-10-7-4-3-6(9)5-14(7)12-8/h3-5H,1-2H3,(H,11,12). The van der Waals surface area contributed by atoms with E-state index < -0.39 is 0 Å². The number of hydrogen-bond acceptors (Lipinski definition) is 4. The maximum Gasteiger partial charge on any atom is 0.257 e. The average Bonchev–Trinajstić information content (AvgIpc) is 2.44. The molecule has 14 heavy (non-hydrogen) atoms. The van der Waals surface area contributed by atoms with Gasteiger partial charge in [-0.1, -0.05) is 0 Å². The van der Waals surface area contributed by atoms with Gasteiger partial charge in [0.25, 0.3) is 5.95 Å². The molecular weight excluding hydrogens is 246 g/mol. The van der Waals surface area contributed by atoms with Gasteiger partial charge < -0.3 is 0 Å². The Morgan fingerprint density at radius 1 is 1.43 bits per heavy atom. The predicted octanol–water partition coefficient (Wildman–Crippen LogP) is 1.38. The summed E-state index contributed by atoms with van der Waals surface area (Å²) in [6.45, 7) is 0. The van der Waals surface area contributed by atoms with Gasteiger partial charge in [-0.3, -0.25) is 5.43 Å². The fourth-order valence-electron chi connectivity index (χ4n) is 1.11. The van der Waals surface area contributed by atoms with Crippen LogP contribution in [0.15, 0.2) is 22.8 Å². The van der Waals surface area contributed by atoms with Crippen LogP contribution in [0.3, 0.4) is 0 Å². The first kappa shape index (κ1) is 9.42. The molecule has 0 aliphatic heterocycles. The van der Waals surface area contributed by atoms with Crippen molar-refractivity contribution >= 4 is 27.5 Å². The number of rotatable bonds is 2. The smallest absolute Gasteiger partial charge is 0.257 e. The van der Waals surface area contributed by atoms with Crippen molar-refractivity contribution in [1.82, 2.24) is 19.6 Å². The Labute approximate surface area is 89.8 Å². The van der Waals surface area contributed by atoms with Gasteiger partial charge in [0.05, 0.1) is 0 Å². The highest BCUT2D eigenvalue weighted by molar-refractivity contribution is 9.10. The summed E-state index contributed by atoms with van der Waals surface area (Å²) in [6.07, 6.45) is 1.86. The number of halogens is 1. The minimum Gasteiger partial charge on any atom is -0.286 e. The summed E-state index contributed by atoms with van der Waals surface area (Å²) in [5, 5.41) is 6.03. The van der Waals surface area contributed by atoms with Crippen LogP contribution >= 0.6 is 15.9 Å². The highest BCUT2D eigenvalue weighted by Crippen LogP contribution is 2.11. The number of hydrogen-bond donors (Lipinski definition) is 1. The van der Waals surface area contributed by atoms with Crippen molar-refractivity contribution in [3.63, 3.8) is 0 Å². The van der Waals surface area contributed by atoms with Crippen molar-refractivity contribution < 1.29 is 0 Å². The van der Waals surface area contributed by atoms with Crippen LogP contribution in [0.25, 0.3) is 5.65 Å². The van der Waals surface area contributed by atoms with Crippen molar-refractivity contribution in [3.05, 3.63) is 22.8 Å². The molecule has 74 valence electrons. The zero-order chi connectivity index (χ0) is 10.1. The van der Waals surface area contributed by atoms with E-state index in [9.17, 15) is 0 Å². The van der Waals surface area contributed by atoms with Crippen LogP contribution in [0.4, 0.5) is 5.95 Å². The summed E-state index contributed by atoms with van der Waals surface area (Å²) in [7, 11) is 3.78. The maximum absolute atomic E-state index is 4.27. The third-order valence-corrected chi connectivity index (χ3v) is 2.09. The topological polar surface area (TPSA) is 45.5 Å². The molecule has 2 aromatic rings. The summed E-state index contributed by atoms with van der Waals surface area (Å²) in [5.41, 5.74) is 3.81. The third kappa shape index (κ3) is 1.85. The molecule has 5 nitrogen and oxygen atoms in total. The van der Waals surface area contributed by atoms with Crippen LogP contribution in [-0.4, -0.2) is 33.7 Å². The van der Waals surface area contributed by atoms with E-state index in [-0.39, 0.29) is 0 Å². The van der Waals surface area contributed by atoms with Gasteiger partial charge in [-0.25, -0.2) is 9.52 Å². The van der Waals surface area contributed by atoms with Gasteiger partial charge in [0.1, 0.15) is 0 Å². The van der Waals surface area contributed by atoms with Crippen molar-refractivity contribution in [3.8, 4) is 0 Å². The van der Waals surface area contributed by atoms with Crippen LogP contribution in [0.1, 0.15) is 0 Å². The Hall–Kier alpha value is -1.14. The lowest BCUT2D eigenvalue weighted by Crippen LogP contribution is -2.20. The Bertz CT molecular complexity index is 450. The molecule has 0 amide bonds. The van der Waals surface area contributed by atoms with Crippen molar-refractivity contribution in [2.75, 3.05) is 19.5 Å². The zero-order valence-electron chi connectivity index (χ0n) is 7.90. The second-order valence-corrected chi connectivity index (χ2v) is 4.01. The largest absolute Gasteiger partial charge is 0.286 e. The molecule has 0 aromatic carbocycles. The number of aromatic nitrogens is 3. The molecule has 0 unspecified atom stereocenters. The number of anilines is 1. The van der Waals surface area contributed by atoms with Crippen LogP contribution in [0.2, 0.25) is 0 Å². The summed E-state index contributed by atoms with van der Waals surface area (Å²) in [4.78, 5) is 4.27. The number of pyridine rings is 1. The molecule has 0 saturated carbocycles. The van der Waals surface area contributed by atoms with Crippen LogP contribution in [0, 0.1) is 0 Å². The Morgan fingerprint density at radius 3 is 2.93 bits per heavy atom. The van der Waals surface area contributed by atoms with Crippen molar-refractivity contribution in [1.29, 1.82) is 0 Å². The van der Waals surface area contributed by atoms with E-state index in [2.05, 4.69) is 31.4 Å². The highest BCUT2D eigenvalue weighted by Gasteiger charge is 2.02. The van der Waals surface area contributed by atoms with Crippen molar-refractivity contribution in [2.45, 2.75) is 0 Å². The second-order valence-electron chi connectivity index (χ2n) is 3.09. The number of nitrogens with one attached hydrogen (secondary N) is 1. The van der Waals surface area contributed by atoms with Gasteiger partial charge in [-0.15, -0.1) is 5.10 Å². The first-order valence-electron chi connectivity index (χ1n) is 4.11. The molecular formula is C8H10BrN5. The van der Waals surface area contributed by atoms with Gasteiger partial charge in [0, 0.05) is 24.8 Å². The Balaban J connectivity index is 2.41. The lowest BCUT2D eigenvalue weighted by atomic mass is 10.5. The molecule has 2 rings (SSSR count). The van der Waals surface area contributed by atoms with E-state index in [0.29, 0.717) is 5.95 Å². The molecule has 0 spiro atoms. The minimum absolute atomic E-state index is 0.591. The lowest BCUT2D eigenvalue weighted by Gasteiger charge is -2.07. The molecule has 0 radical (unpaired) electrons. The number of hydrazine groups is 1. The van der Waals surface area contributed by atoms with E-state index in [1.807, 2.05) is 32.4 Å². The molecule has 0 bridgehead atoms. The maximum atomic E-state index is 4.27. The van der Waals surface area contributed by atoms with Gasteiger partial charge in [-0.2, -0.15) is 4.98 Å². The van der Waals surface area contributed by atoms with Crippen LogP contribution in [-0.2, 0) is 0 Å². The molecule has 0 aliphatic carbocycles. The van der Waals surface area contributed by atoms with Crippen LogP contribution in [0.5, 0.6) is 0 Å². The average molecular weight is 256 g/mol. The SMILES string of the molecule is CN(C)Nc1nc2ccc(Br)cn2n1. The zero-order valence-corrected chi connectivity index (χ0v) is 9.48. The molecule has 0 aliphatic rings. The number of fused-ring (bicyclic) bond motifs is 1. The van der Waals surface area contributed by atoms with Gasteiger partial charge in [-0.05, 0) is 28.1 Å². The summed E-state index contributed by atoms with van der Waals surface area (Å²) < 4.78 is 2.70. The lowest BCUT2D eigenvalue weighted by molar-refractivity contribution is 0.489. The Kier molecular flexibility index (Phi) is 2.39. The van der Waals surface area contributed by atoms with Crippen LogP contribution < -0.4 is 5.43 Å². The summed E-state index contributed by atoms with van der Waals surface area (Å²) in [6, 6.07) is 3.83. The monoisotopic (exact) mass is 255 g/mol. The van der Waals surface area contributed by atoms with E-state index in [1.165, 1.54) is 0 Å². The van der Waals surface area contributed by atoms with Gasteiger partial charge >= 0.3 is 0 Å². The molecule has 0 fully saturated rings. The molecule has 0 saturated heterocycles. The first-order chi connectivity index (χ1) is 6.65. The fraction of sp³-hybridized carbons (Fsp3) is 0.250. The van der Waals surface area contributed by atoms with Gasteiger partial charge in [0.2, 0.25) is 0 Å². The molecule has 2 aromatic heterocycles. The van der Waals surface area contributed by atoms with E-state index in [0.717, 1.165) is 10.1 Å². The fourth-order valence-corrected chi connectivity index (χ4v) is 1.43. The first-order valence-corrected chi connectivity index (χ1v) is 4.90. The van der Waals surface area contributed by atoms with Crippen molar-refractivity contribution in [2.24, 2.45) is 0 Å². The second kappa shape index (κ2) is 3.55. The van der Waals surface area contributed by atoms with E-state index in [1.54, 1.807) is 9.52 Å². The van der Waals surface area contributed by atoms with E-state index >= 15 is 0 Å². The summed E-state index contributed by atoms with van der Waals surface area (Å²) >= 11 is 3.37. The quantitative estimate of drug-likeness (QED) is 0.824. The highest BCUT2D eigenvalue weighted by atomic mass is 79.9. The summed E-state index contributed by atoms with van der Waals surface area (Å²) in [5.74, 6) is 0.591. The normalized spacial score (nSPS) is 11.1. The number of nitrogens with zero attached hydrogens (tertiary/aromatic N) is 4. The Morgan fingerprint density at radius 2 is 2.21 bits per heavy atom. The predicted molar refractivity (Wildman–Crippen MR) is 58.0 cm³/mol. The van der Waals surface area contributed by atoms with E-state index in [4.69, 9.17) is 0 Å². The molecule has 1 N–H and O–H groups in total. The molecule has 6 heteroatoms. The molecule has 2 heterocycles.